The van der Waals surface area contributed by atoms with Gasteiger partial charge in [0.25, 0.3) is 0 Å². The highest BCUT2D eigenvalue weighted by Gasteiger charge is 2.20. The van der Waals surface area contributed by atoms with Crippen LogP contribution < -0.4 is 0 Å². The van der Waals surface area contributed by atoms with Gasteiger partial charge in [-0.3, -0.25) is 0 Å². The third-order valence-corrected chi connectivity index (χ3v) is 2.37. The lowest BCUT2D eigenvalue weighted by Crippen LogP contribution is -2.13. The van der Waals surface area contributed by atoms with Crippen molar-refractivity contribution >= 4 is 11.9 Å². The highest BCUT2D eigenvalue weighted by molar-refractivity contribution is 5.90. The van der Waals surface area contributed by atoms with Gasteiger partial charge in [0.1, 0.15) is 0 Å². The van der Waals surface area contributed by atoms with E-state index in [-0.39, 0.29) is 11.1 Å². The summed E-state index contributed by atoms with van der Waals surface area (Å²) in [6.07, 6.45) is -1.70. The molecule has 5 heteroatoms. The van der Waals surface area contributed by atoms with Crippen molar-refractivity contribution in [3.05, 3.63) is 34.4 Å². The summed E-state index contributed by atoms with van der Waals surface area (Å²) in [5.41, 5.74) is 1.19. The molecule has 0 saturated heterocycles. The number of aliphatic carboxylic acids is 1. The summed E-state index contributed by atoms with van der Waals surface area (Å²) in [7, 11) is 0. The molecular formula is C11H12O5. The molecule has 0 aliphatic carbocycles. The molecule has 0 bridgehead atoms. The van der Waals surface area contributed by atoms with Crippen LogP contribution in [0.5, 0.6) is 0 Å². The summed E-state index contributed by atoms with van der Waals surface area (Å²) >= 11 is 0. The maximum absolute atomic E-state index is 10.8. The molecule has 1 unspecified atom stereocenters. The number of aryl methyl sites for hydroxylation is 2. The Balaban J connectivity index is 3.35. The minimum atomic E-state index is -1.70. The molecule has 0 spiro atoms. The van der Waals surface area contributed by atoms with Gasteiger partial charge in [-0.25, -0.2) is 9.59 Å². The Morgan fingerprint density at radius 3 is 2.12 bits per heavy atom. The molecule has 1 atom stereocenters. The molecule has 0 aliphatic rings. The number of carboxylic acid groups (broad SMARTS) is 2. The van der Waals surface area contributed by atoms with Crippen molar-refractivity contribution in [3.8, 4) is 0 Å². The second kappa shape index (κ2) is 4.32. The van der Waals surface area contributed by atoms with E-state index in [0.29, 0.717) is 11.1 Å². The quantitative estimate of drug-likeness (QED) is 0.715. The average molecular weight is 224 g/mol. The molecule has 1 rings (SSSR count). The Labute approximate surface area is 92.0 Å². The standard InChI is InChI=1S/C11H12O5/c1-5-3-6(2)8(10(13)14)4-7(5)9(12)11(15)16/h3-4,9,12H,1-2H3,(H,13,14)(H,15,16). The lowest BCUT2D eigenvalue weighted by molar-refractivity contribution is -0.147. The summed E-state index contributed by atoms with van der Waals surface area (Å²) in [6, 6.07) is 2.75. The third-order valence-electron chi connectivity index (χ3n) is 2.37. The second-order valence-corrected chi connectivity index (χ2v) is 3.57. The molecule has 0 aromatic heterocycles. The van der Waals surface area contributed by atoms with E-state index in [1.807, 2.05) is 0 Å². The van der Waals surface area contributed by atoms with E-state index in [9.17, 15) is 14.7 Å². The van der Waals surface area contributed by atoms with Gasteiger partial charge in [-0.1, -0.05) is 6.07 Å². The Morgan fingerprint density at radius 1 is 1.12 bits per heavy atom. The predicted molar refractivity (Wildman–Crippen MR) is 55.5 cm³/mol. The first kappa shape index (κ1) is 12.2. The van der Waals surface area contributed by atoms with Crippen LogP contribution in [0.4, 0.5) is 0 Å². The van der Waals surface area contributed by atoms with Crippen molar-refractivity contribution in [1.82, 2.24) is 0 Å². The molecule has 86 valence electrons. The van der Waals surface area contributed by atoms with Crippen molar-refractivity contribution < 1.29 is 24.9 Å². The maximum Gasteiger partial charge on any atom is 0.337 e. The van der Waals surface area contributed by atoms with Crippen LogP contribution in [-0.4, -0.2) is 27.3 Å². The summed E-state index contributed by atoms with van der Waals surface area (Å²) in [5.74, 6) is -2.54. The fourth-order valence-corrected chi connectivity index (χ4v) is 1.53. The fraction of sp³-hybridized carbons (Fsp3) is 0.273. The third kappa shape index (κ3) is 2.20. The topological polar surface area (TPSA) is 94.8 Å². The highest BCUT2D eigenvalue weighted by Crippen LogP contribution is 2.22. The number of aliphatic hydroxyl groups excluding tert-OH is 1. The number of rotatable bonds is 3. The first-order valence-corrected chi connectivity index (χ1v) is 4.60. The van der Waals surface area contributed by atoms with Crippen molar-refractivity contribution in [1.29, 1.82) is 0 Å². The molecular weight excluding hydrogens is 212 g/mol. The van der Waals surface area contributed by atoms with Crippen molar-refractivity contribution in [2.75, 3.05) is 0 Å². The number of carbonyl (C=O) groups is 2. The number of aliphatic hydroxyl groups is 1. The zero-order valence-corrected chi connectivity index (χ0v) is 8.89. The van der Waals surface area contributed by atoms with Gasteiger partial charge in [-0.15, -0.1) is 0 Å². The molecule has 0 radical (unpaired) electrons. The molecule has 16 heavy (non-hydrogen) atoms. The van der Waals surface area contributed by atoms with Crippen LogP contribution in [0.15, 0.2) is 12.1 Å². The van der Waals surface area contributed by atoms with Crippen LogP contribution in [0, 0.1) is 13.8 Å². The number of aromatic carboxylic acids is 1. The molecule has 0 amide bonds. The van der Waals surface area contributed by atoms with E-state index in [2.05, 4.69) is 0 Å². The van der Waals surface area contributed by atoms with Crippen LogP contribution in [0.25, 0.3) is 0 Å². The van der Waals surface area contributed by atoms with Gasteiger partial charge in [0.05, 0.1) is 5.56 Å². The molecule has 0 saturated carbocycles. The van der Waals surface area contributed by atoms with Crippen LogP contribution in [0.3, 0.4) is 0 Å². The van der Waals surface area contributed by atoms with Gasteiger partial charge in [-0.05, 0) is 36.6 Å². The molecule has 1 aromatic carbocycles. The molecule has 3 N–H and O–H groups in total. The summed E-state index contributed by atoms with van der Waals surface area (Å²) in [5, 5.41) is 26.9. The van der Waals surface area contributed by atoms with Crippen LogP contribution >= 0.6 is 0 Å². The largest absolute Gasteiger partial charge is 0.479 e. The summed E-state index contributed by atoms with van der Waals surface area (Å²) < 4.78 is 0. The van der Waals surface area contributed by atoms with E-state index in [1.165, 1.54) is 6.07 Å². The fourth-order valence-electron chi connectivity index (χ4n) is 1.53. The van der Waals surface area contributed by atoms with Crippen molar-refractivity contribution in [2.45, 2.75) is 20.0 Å². The van der Waals surface area contributed by atoms with Gasteiger partial charge < -0.3 is 15.3 Å². The summed E-state index contributed by atoms with van der Waals surface area (Å²) in [4.78, 5) is 21.5. The first-order chi connectivity index (χ1) is 7.34. The maximum atomic E-state index is 10.8. The van der Waals surface area contributed by atoms with Crippen molar-refractivity contribution in [3.63, 3.8) is 0 Å². The van der Waals surface area contributed by atoms with E-state index in [0.717, 1.165) is 0 Å². The van der Waals surface area contributed by atoms with Crippen LogP contribution in [0.1, 0.15) is 33.2 Å². The van der Waals surface area contributed by atoms with Gasteiger partial charge in [0.15, 0.2) is 6.10 Å². The molecule has 1 aromatic rings. The molecule has 0 fully saturated rings. The second-order valence-electron chi connectivity index (χ2n) is 3.57. The zero-order valence-electron chi connectivity index (χ0n) is 8.89. The number of carboxylic acids is 2. The minimum absolute atomic E-state index is 0.000833. The molecule has 0 aliphatic heterocycles. The Morgan fingerprint density at radius 2 is 1.69 bits per heavy atom. The lowest BCUT2D eigenvalue weighted by atomic mass is 9.96. The van der Waals surface area contributed by atoms with Crippen molar-refractivity contribution in [2.24, 2.45) is 0 Å². The number of hydrogen-bond acceptors (Lipinski definition) is 3. The minimum Gasteiger partial charge on any atom is -0.479 e. The Hall–Kier alpha value is -1.88. The van der Waals surface area contributed by atoms with Gasteiger partial charge in [0.2, 0.25) is 0 Å². The average Bonchev–Trinajstić information content (AvgIpc) is 2.16. The SMILES string of the molecule is Cc1cc(C)c(C(O)C(=O)O)cc1C(=O)O. The monoisotopic (exact) mass is 224 g/mol. The van der Waals surface area contributed by atoms with Gasteiger partial charge >= 0.3 is 11.9 Å². The Bertz CT molecular complexity index is 450. The van der Waals surface area contributed by atoms with Gasteiger partial charge in [0, 0.05) is 0 Å². The van der Waals surface area contributed by atoms with Crippen LogP contribution in [-0.2, 0) is 4.79 Å². The number of hydrogen-bond donors (Lipinski definition) is 3. The first-order valence-electron chi connectivity index (χ1n) is 4.60. The normalized spacial score (nSPS) is 12.2. The van der Waals surface area contributed by atoms with E-state index >= 15 is 0 Å². The smallest absolute Gasteiger partial charge is 0.337 e. The highest BCUT2D eigenvalue weighted by atomic mass is 16.4. The Kier molecular flexibility index (Phi) is 3.29. The van der Waals surface area contributed by atoms with E-state index < -0.39 is 18.0 Å². The zero-order chi connectivity index (χ0) is 12.5. The predicted octanol–water partition coefficient (Wildman–Crippen LogP) is 1.12. The van der Waals surface area contributed by atoms with E-state index in [4.69, 9.17) is 10.2 Å². The van der Waals surface area contributed by atoms with E-state index in [1.54, 1.807) is 19.9 Å². The summed E-state index contributed by atoms with van der Waals surface area (Å²) in [6.45, 7) is 3.24. The van der Waals surface area contributed by atoms with Gasteiger partial charge in [-0.2, -0.15) is 0 Å². The lowest BCUT2D eigenvalue weighted by Gasteiger charge is -2.12. The van der Waals surface area contributed by atoms with Crippen LogP contribution in [0.2, 0.25) is 0 Å². The number of benzene rings is 1. The molecule has 0 heterocycles. The molecule has 5 nitrogen and oxygen atoms in total.